The van der Waals surface area contributed by atoms with Gasteiger partial charge in [0.05, 0.1) is 0 Å². The van der Waals surface area contributed by atoms with Gasteiger partial charge in [-0.2, -0.15) is 0 Å². The Bertz CT molecular complexity index is 383. The Morgan fingerprint density at radius 2 is 1.81 bits per heavy atom. The number of nitrogens with zero attached hydrogens (tertiary/aromatic N) is 1. The number of piperidine rings is 1. The average molecular weight is 294 g/mol. The van der Waals surface area contributed by atoms with Crippen molar-refractivity contribution in [2.75, 3.05) is 13.1 Å². The van der Waals surface area contributed by atoms with E-state index in [1.807, 2.05) is 25.7 Å². The second-order valence-corrected chi connectivity index (χ2v) is 8.19. The molecule has 0 aromatic rings. The predicted molar refractivity (Wildman–Crippen MR) is 83.2 cm³/mol. The third-order valence-corrected chi connectivity index (χ3v) is 5.33. The Hall–Kier alpha value is -0.770. The third-order valence-electron chi connectivity index (χ3n) is 5.33. The number of nitrogens with one attached hydrogen (secondary N) is 1. The van der Waals surface area contributed by atoms with Gasteiger partial charge in [0.15, 0.2) is 0 Å². The van der Waals surface area contributed by atoms with Gasteiger partial charge in [-0.05, 0) is 64.7 Å². The van der Waals surface area contributed by atoms with Gasteiger partial charge in [0.1, 0.15) is 5.60 Å². The summed E-state index contributed by atoms with van der Waals surface area (Å²) >= 11 is 0. The molecule has 3 atom stereocenters. The fourth-order valence-electron chi connectivity index (χ4n) is 4.31. The van der Waals surface area contributed by atoms with E-state index in [0.717, 1.165) is 43.8 Å². The highest BCUT2D eigenvalue weighted by Gasteiger charge is 2.40. The molecular weight excluding hydrogens is 264 g/mol. The summed E-state index contributed by atoms with van der Waals surface area (Å²) in [5.41, 5.74) is -0.394. The number of amides is 1. The maximum atomic E-state index is 12.1. The van der Waals surface area contributed by atoms with E-state index in [2.05, 4.69) is 5.32 Å². The van der Waals surface area contributed by atoms with E-state index in [1.54, 1.807) is 0 Å². The SMILES string of the molecule is CC(C)(C)OC(=O)N1CCC(NC2CC3CCC2C3)CC1. The molecule has 120 valence electrons. The molecule has 2 aliphatic carbocycles. The highest BCUT2D eigenvalue weighted by Crippen LogP contribution is 2.44. The van der Waals surface area contributed by atoms with Gasteiger partial charge in [0.25, 0.3) is 0 Å². The number of likely N-dealkylation sites (tertiary alicyclic amines) is 1. The van der Waals surface area contributed by atoms with Crippen LogP contribution in [0, 0.1) is 11.8 Å². The first-order valence-electron chi connectivity index (χ1n) is 8.65. The molecule has 0 radical (unpaired) electrons. The largest absolute Gasteiger partial charge is 0.444 e. The topological polar surface area (TPSA) is 41.6 Å². The molecule has 4 heteroatoms. The van der Waals surface area contributed by atoms with Gasteiger partial charge in [-0.15, -0.1) is 0 Å². The zero-order valence-corrected chi connectivity index (χ0v) is 13.7. The number of rotatable bonds is 2. The number of carbonyl (C=O) groups is 1. The Labute approximate surface area is 128 Å². The van der Waals surface area contributed by atoms with Crippen LogP contribution in [-0.2, 0) is 4.74 Å². The van der Waals surface area contributed by atoms with Gasteiger partial charge in [0.2, 0.25) is 0 Å². The summed E-state index contributed by atoms with van der Waals surface area (Å²) in [7, 11) is 0. The first-order valence-corrected chi connectivity index (χ1v) is 8.65. The number of fused-ring (bicyclic) bond motifs is 2. The highest BCUT2D eigenvalue weighted by molar-refractivity contribution is 5.68. The molecule has 1 heterocycles. The lowest BCUT2D eigenvalue weighted by molar-refractivity contribution is 0.0194. The Balaban J connectivity index is 1.42. The summed E-state index contributed by atoms with van der Waals surface area (Å²) in [5.74, 6) is 1.92. The maximum absolute atomic E-state index is 12.1. The number of hydrogen-bond donors (Lipinski definition) is 1. The van der Waals surface area contributed by atoms with Crippen molar-refractivity contribution in [2.45, 2.75) is 77.0 Å². The minimum atomic E-state index is -0.394. The lowest BCUT2D eigenvalue weighted by atomic mass is 9.93. The lowest BCUT2D eigenvalue weighted by Gasteiger charge is -2.36. The van der Waals surface area contributed by atoms with Crippen LogP contribution >= 0.6 is 0 Å². The molecule has 3 unspecified atom stereocenters. The molecule has 3 fully saturated rings. The minimum Gasteiger partial charge on any atom is -0.444 e. The van der Waals surface area contributed by atoms with Gasteiger partial charge in [0, 0.05) is 25.2 Å². The maximum Gasteiger partial charge on any atom is 0.410 e. The zero-order valence-electron chi connectivity index (χ0n) is 13.7. The second kappa shape index (κ2) is 5.79. The lowest BCUT2D eigenvalue weighted by Crippen LogP contribution is -2.49. The minimum absolute atomic E-state index is 0.152. The van der Waals surface area contributed by atoms with Crippen molar-refractivity contribution in [3.63, 3.8) is 0 Å². The molecular formula is C17H30N2O2. The molecule has 0 aromatic carbocycles. The van der Waals surface area contributed by atoms with Crippen molar-refractivity contribution in [3.05, 3.63) is 0 Å². The van der Waals surface area contributed by atoms with Crippen LogP contribution in [0.2, 0.25) is 0 Å². The van der Waals surface area contributed by atoms with Crippen molar-refractivity contribution in [3.8, 4) is 0 Å². The van der Waals surface area contributed by atoms with Crippen molar-refractivity contribution >= 4 is 6.09 Å². The average Bonchev–Trinajstić information content (AvgIpc) is 3.00. The van der Waals surface area contributed by atoms with E-state index in [-0.39, 0.29) is 6.09 Å². The van der Waals surface area contributed by atoms with Crippen LogP contribution in [0.5, 0.6) is 0 Å². The van der Waals surface area contributed by atoms with Gasteiger partial charge in [-0.1, -0.05) is 6.42 Å². The quantitative estimate of drug-likeness (QED) is 0.850. The molecule has 2 bridgehead atoms. The smallest absolute Gasteiger partial charge is 0.410 e. The molecule has 1 aliphatic heterocycles. The molecule has 3 rings (SSSR count). The third kappa shape index (κ3) is 3.71. The van der Waals surface area contributed by atoms with Gasteiger partial charge in [-0.3, -0.25) is 0 Å². The molecule has 3 aliphatic rings. The summed E-state index contributed by atoms with van der Waals surface area (Å²) in [6.07, 6.45) is 7.70. The molecule has 1 N–H and O–H groups in total. The monoisotopic (exact) mass is 294 g/mol. The number of ether oxygens (including phenoxy) is 1. The summed E-state index contributed by atoms with van der Waals surface area (Å²) < 4.78 is 5.45. The van der Waals surface area contributed by atoms with Crippen LogP contribution in [0.4, 0.5) is 4.79 Å². The summed E-state index contributed by atoms with van der Waals surface area (Å²) in [6, 6.07) is 1.34. The first kappa shape index (κ1) is 15.1. The van der Waals surface area contributed by atoms with Gasteiger partial charge < -0.3 is 15.0 Å². The first-order chi connectivity index (χ1) is 9.90. The van der Waals surface area contributed by atoms with Crippen molar-refractivity contribution in [1.82, 2.24) is 10.2 Å². The molecule has 4 nitrogen and oxygen atoms in total. The summed E-state index contributed by atoms with van der Waals surface area (Å²) in [6.45, 7) is 7.43. The molecule has 2 saturated carbocycles. The van der Waals surface area contributed by atoms with E-state index in [0.29, 0.717) is 6.04 Å². The molecule has 21 heavy (non-hydrogen) atoms. The highest BCUT2D eigenvalue weighted by atomic mass is 16.6. The number of carbonyl (C=O) groups excluding carboxylic acids is 1. The molecule has 0 spiro atoms. The standard InChI is InChI=1S/C17H30N2O2/c1-17(2,3)21-16(20)19-8-6-14(7-9-19)18-15-11-12-4-5-13(15)10-12/h12-15,18H,4-11H2,1-3H3. The second-order valence-electron chi connectivity index (χ2n) is 8.19. The van der Waals surface area contributed by atoms with Crippen molar-refractivity contribution < 1.29 is 9.53 Å². The van der Waals surface area contributed by atoms with E-state index >= 15 is 0 Å². The molecule has 1 amide bonds. The van der Waals surface area contributed by atoms with Crippen LogP contribution in [0.15, 0.2) is 0 Å². The van der Waals surface area contributed by atoms with Crippen LogP contribution in [0.3, 0.4) is 0 Å². The Kier molecular flexibility index (Phi) is 4.17. The van der Waals surface area contributed by atoms with E-state index < -0.39 is 5.60 Å². The Morgan fingerprint density at radius 1 is 1.10 bits per heavy atom. The Morgan fingerprint density at radius 3 is 2.33 bits per heavy atom. The van der Waals surface area contributed by atoms with Crippen molar-refractivity contribution in [1.29, 1.82) is 0 Å². The molecule has 1 saturated heterocycles. The van der Waals surface area contributed by atoms with Crippen molar-refractivity contribution in [2.24, 2.45) is 11.8 Å². The predicted octanol–water partition coefficient (Wildman–Crippen LogP) is 3.16. The van der Waals surface area contributed by atoms with Crippen LogP contribution in [0.25, 0.3) is 0 Å². The van der Waals surface area contributed by atoms with E-state index in [4.69, 9.17) is 4.74 Å². The zero-order chi connectivity index (χ0) is 15.0. The van der Waals surface area contributed by atoms with Crippen LogP contribution in [0.1, 0.15) is 59.3 Å². The summed E-state index contributed by atoms with van der Waals surface area (Å²) in [4.78, 5) is 13.9. The number of hydrogen-bond acceptors (Lipinski definition) is 3. The van der Waals surface area contributed by atoms with Crippen LogP contribution in [-0.4, -0.2) is 41.8 Å². The fourth-order valence-corrected chi connectivity index (χ4v) is 4.31. The summed E-state index contributed by atoms with van der Waals surface area (Å²) in [5, 5.41) is 3.88. The van der Waals surface area contributed by atoms with E-state index in [9.17, 15) is 4.79 Å². The molecule has 0 aromatic heterocycles. The normalized spacial score (nSPS) is 33.5. The van der Waals surface area contributed by atoms with E-state index in [1.165, 1.54) is 25.7 Å². The van der Waals surface area contributed by atoms with Crippen LogP contribution < -0.4 is 5.32 Å². The van der Waals surface area contributed by atoms with Gasteiger partial charge in [-0.25, -0.2) is 4.79 Å². The fraction of sp³-hybridized carbons (Fsp3) is 0.941. The van der Waals surface area contributed by atoms with Gasteiger partial charge >= 0.3 is 6.09 Å².